The summed E-state index contributed by atoms with van der Waals surface area (Å²) >= 11 is 0. The number of aromatic amines is 1. The Bertz CT molecular complexity index is 967. The van der Waals surface area contributed by atoms with Crippen LogP contribution in [0.15, 0.2) is 30.9 Å². The Morgan fingerprint density at radius 1 is 1.07 bits per heavy atom. The number of nitrogens with zero attached hydrogens (tertiary/aromatic N) is 6. The average molecular weight is 406 g/mol. The van der Waals surface area contributed by atoms with Gasteiger partial charge in [-0.1, -0.05) is 0 Å². The number of hydrogen-bond acceptors (Lipinski definition) is 8. The number of nitrogens with one attached hydrogen (secondary N) is 2. The first-order chi connectivity index (χ1) is 14.8. The quantitative estimate of drug-likeness (QED) is 0.666. The molecular weight excluding hydrogens is 380 g/mol. The van der Waals surface area contributed by atoms with Crippen LogP contribution in [-0.2, 0) is 4.74 Å². The third-order valence-electron chi connectivity index (χ3n) is 6.05. The molecule has 0 saturated heterocycles. The predicted octanol–water partition coefficient (Wildman–Crippen LogP) is 2.76. The summed E-state index contributed by atoms with van der Waals surface area (Å²) in [4.78, 5) is 20.6. The summed E-state index contributed by atoms with van der Waals surface area (Å²) in [5.41, 5.74) is 2.50. The first-order valence-electron chi connectivity index (χ1n) is 10.5. The minimum absolute atomic E-state index is 0.426. The van der Waals surface area contributed by atoms with E-state index in [0.29, 0.717) is 17.8 Å². The lowest BCUT2D eigenvalue weighted by Gasteiger charge is -2.35. The topological polar surface area (TPSA) is 105 Å². The maximum atomic E-state index is 5.52. The maximum Gasteiger partial charge on any atom is 0.174 e. The Balaban J connectivity index is 1.35. The van der Waals surface area contributed by atoms with Crippen molar-refractivity contribution in [2.24, 2.45) is 5.92 Å². The molecule has 1 aliphatic heterocycles. The van der Waals surface area contributed by atoms with Crippen molar-refractivity contribution in [3.8, 4) is 22.8 Å². The van der Waals surface area contributed by atoms with Crippen LogP contribution < -0.4 is 10.2 Å². The second-order valence-electron chi connectivity index (χ2n) is 7.94. The van der Waals surface area contributed by atoms with Crippen molar-refractivity contribution in [1.82, 2.24) is 30.1 Å². The van der Waals surface area contributed by atoms with Crippen molar-refractivity contribution in [2.45, 2.75) is 31.8 Å². The van der Waals surface area contributed by atoms with Crippen LogP contribution in [0.2, 0.25) is 0 Å². The van der Waals surface area contributed by atoms with E-state index in [-0.39, 0.29) is 0 Å². The highest BCUT2D eigenvalue weighted by Crippen LogP contribution is 2.32. The van der Waals surface area contributed by atoms with Crippen molar-refractivity contribution in [3.63, 3.8) is 0 Å². The van der Waals surface area contributed by atoms with Gasteiger partial charge >= 0.3 is 0 Å². The third kappa shape index (κ3) is 3.85. The van der Waals surface area contributed by atoms with Crippen molar-refractivity contribution in [3.05, 3.63) is 30.9 Å². The Morgan fingerprint density at radius 2 is 1.97 bits per heavy atom. The summed E-state index contributed by atoms with van der Waals surface area (Å²) in [7, 11) is 1.82. The van der Waals surface area contributed by atoms with Gasteiger partial charge in [-0.15, -0.1) is 0 Å². The van der Waals surface area contributed by atoms with Crippen LogP contribution in [0.1, 0.15) is 25.7 Å². The highest BCUT2D eigenvalue weighted by Gasteiger charge is 2.26. The normalized spacial score (nSPS) is 21.2. The molecule has 1 aliphatic carbocycles. The van der Waals surface area contributed by atoms with Gasteiger partial charge in [-0.05, 0) is 43.7 Å². The molecular formula is C21H26N8O. The van der Waals surface area contributed by atoms with E-state index < -0.39 is 0 Å². The molecule has 1 saturated carbocycles. The SMILES string of the molecule is COC1CCC(CN2CCNc3ncc(-c4ccc(-c5ncn[nH]5)nc4)nc32)CC1. The smallest absolute Gasteiger partial charge is 0.174 e. The number of methoxy groups -OCH3 is 1. The second-order valence-corrected chi connectivity index (χ2v) is 7.94. The second kappa shape index (κ2) is 8.35. The van der Waals surface area contributed by atoms with Crippen molar-refractivity contribution in [2.75, 3.05) is 37.0 Å². The molecule has 3 aromatic heterocycles. The van der Waals surface area contributed by atoms with Crippen LogP contribution >= 0.6 is 0 Å². The van der Waals surface area contributed by atoms with Gasteiger partial charge in [0, 0.05) is 38.5 Å². The van der Waals surface area contributed by atoms with E-state index in [4.69, 9.17) is 9.72 Å². The Labute approximate surface area is 175 Å². The molecule has 3 aromatic rings. The lowest BCUT2D eigenvalue weighted by atomic mass is 9.87. The van der Waals surface area contributed by atoms with Crippen LogP contribution in [0.4, 0.5) is 11.6 Å². The minimum atomic E-state index is 0.426. The van der Waals surface area contributed by atoms with Gasteiger partial charge < -0.3 is 15.0 Å². The monoisotopic (exact) mass is 406 g/mol. The molecule has 156 valence electrons. The molecule has 0 spiro atoms. The van der Waals surface area contributed by atoms with Crippen molar-refractivity contribution < 1.29 is 4.74 Å². The Kier molecular flexibility index (Phi) is 5.27. The zero-order valence-corrected chi connectivity index (χ0v) is 17.1. The van der Waals surface area contributed by atoms with Crippen LogP contribution in [0.3, 0.4) is 0 Å². The maximum absolute atomic E-state index is 5.52. The van der Waals surface area contributed by atoms with Crippen LogP contribution in [0.25, 0.3) is 22.8 Å². The molecule has 2 N–H and O–H groups in total. The van der Waals surface area contributed by atoms with Gasteiger partial charge in [0.15, 0.2) is 17.5 Å². The zero-order valence-electron chi connectivity index (χ0n) is 17.1. The number of pyridine rings is 1. The fourth-order valence-corrected chi connectivity index (χ4v) is 4.33. The first-order valence-corrected chi connectivity index (χ1v) is 10.5. The molecule has 0 atom stereocenters. The van der Waals surface area contributed by atoms with Gasteiger partial charge in [0.1, 0.15) is 12.0 Å². The lowest BCUT2D eigenvalue weighted by Crippen LogP contribution is -2.39. The van der Waals surface area contributed by atoms with Crippen LogP contribution in [-0.4, -0.2) is 63.0 Å². The number of hydrogen-bond donors (Lipinski definition) is 2. The fraction of sp³-hybridized carbons (Fsp3) is 0.476. The van der Waals surface area contributed by atoms with E-state index in [2.05, 4.69) is 35.4 Å². The fourth-order valence-electron chi connectivity index (χ4n) is 4.33. The van der Waals surface area contributed by atoms with Gasteiger partial charge in [-0.2, -0.15) is 5.10 Å². The van der Waals surface area contributed by atoms with E-state index in [1.165, 1.54) is 19.2 Å². The molecule has 4 heterocycles. The molecule has 1 fully saturated rings. The summed E-state index contributed by atoms with van der Waals surface area (Å²) in [6.07, 6.45) is 10.2. The van der Waals surface area contributed by atoms with Gasteiger partial charge in [-0.25, -0.2) is 15.0 Å². The molecule has 9 nitrogen and oxygen atoms in total. The number of rotatable bonds is 5. The van der Waals surface area contributed by atoms with E-state index in [0.717, 1.165) is 61.1 Å². The van der Waals surface area contributed by atoms with E-state index in [1.807, 2.05) is 25.4 Å². The van der Waals surface area contributed by atoms with Gasteiger partial charge in [0.05, 0.1) is 18.0 Å². The van der Waals surface area contributed by atoms with Gasteiger partial charge in [0.2, 0.25) is 0 Å². The number of H-pyrrole nitrogens is 1. The molecule has 0 unspecified atom stereocenters. The number of anilines is 2. The summed E-state index contributed by atoms with van der Waals surface area (Å²) in [5.74, 6) is 3.13. The average Bonchev–Trinajstić information content (AvgIpc) is 3.35. The molecule has 0 bridgehead atoms. The summed E-state index contributed by atoms with van der Waals surface area (Å²) in [5, 5.41) is 10.1. The minimum Gasteiger partial charge on any atom is -0.381 e. The Hall–Kier alpha value is -3.07. The molecule has 2 aliphatic rings. The Morgan fingerprint density at radius 3 is 2.70 bits per heavy atom. The standard InChI is InChI=1S/C21H26N8O/c1-30-16-5-2-14(3-6-16)12-29-9-8-22-20-21(29)27-18(11-24-20)15-4-7-17(23-10-15)19-25-13-26-28-19/h4,7,10-11,13-14,16H,2-3,5-6,8-9,12H2,1H3,(H,22,24)(H,25,26,28). The van der Waals surface area contributed by atoms with Crippen molar-refractivity contribution >= 4 is 11.6 Å². The summed E-state index contributed by atoms with van der Waals surface area (Å²) in [6.45, 7) is 2.85. The first kappa shape index (κ1) is 18.9. The number of ether oxygens (including phenoxy) is 1. The van der Waals surface area contributed by atoms with Gasteiger partial charge in [-0.3, -0.25) is 10.1 Å². The molecule has 0 amide bonds. The molecule has 30 heavy (non-hydrogen) atoms. The van der Waals surface area contributed by atoms with Crippen LogP contribution in [0, 0.1) is 5.92 Å². The highest BCUT2D eigenvalue weighted by atomic mass is 16.5. The largest absolute Gasteiger partial charge is 0.381 e. The van der Waals surface area contributed by atoms with E-state index in [1.54, 1.807) is 6.20 Å². The highest BCUT2D eigenvalue weighted by molar-refractivity contribution is 5.69. The molecule has 5 rings (SSSR count). The van der Waals surface area contributed by atoms with Crippen molar-refractivity contribution in [1.29, 1.82) is 0 Å². The van der Waals surface area contributed by atoms with E-state index >= 15 is 0 Å². The van der Waals surface area contributed by atoms with Gasteiger partial charge in [0.25, 0.3) is 0 Å². The van der Waals surface area contributed by atoms with Crippen LogP contribution in [0.5, 0.6) is 0 Å². The van der Waals surface area contributed by atoms with E-state index in [9.17, 15) is 0 Å². The summed E-state index contributed by atoms with van der Waals surface area (Å²) in [6, 6.07) is 3.91. The number of aromatic nitrogens is 6. The predicted molar refractivity (Wildman–Crippen MR) is 114 cm³/mol. The summed E-state index contributed by atoms with van der Waals surface area (Å²) < 4.78 is 5.52. The molecule has 9 heteroatoms. The molecule has 0 radical (unpaired) electrons. The third-order valence-corrected chi connectivity index (χ3v) is 6.05. The zero-order chi connectivity index (χ0) is 20.3. The number of fused-ring (bicyclic) bond motifs is 1. The molecule has 0 aromatic carbocycles. The lowest BCUT2D eigenvalue weighted by molar-refractivity contribution is 0.0577.